The molecule has 30 heavy (non-hydrogen) atoms. The van der Waals surface area contributed by atoms with Crippen LogP contribution in [0.1, 0.15) is 29.0 Å². The quantitative estimate of drug-likeness (QED) is 0.374. The maximum absolute atomic E-state index is 13.0. The van der Waals surface area contributed by atoms with Gasteiger partial charge in [0, 0.05) is 6.20 Å². The normalized spacial score (nSPS) is 18.8. The van der Waals surface area contributed by atoms with Crippen molar-refractivity contribution in [2.75, 3.05) is 27.2 Å². The minimum atomic E-state index is -0.785. The van der Waals surface area contributed by atoms with Crippen molar-refractivity contribution in [1.29, 1.82) is 0 Å². The van der Waals surface area contributed by atoms with Crippen LogP contribution in [0.2, 0.25) is 0 Å². The first-order valence-electron chi connectivity index (χ1n) is 9.87. The number of pyridine rings is 1. The number of carbonyl (C=O) groups is 2. The third kappa shape index (κ3) is 3.19. The highest BCUT2D eigenvalue weighted by Crippen LogP contribution is 2.40. The Balaban J connectivity index is 1.91. The van der Waals surface area contributed by atoms with Crippen molar-refractivity contribution in [3.05, 3.63) is 65.0 Å². The first-order chi connectivity index (χ1) is 14.3. The van der Waals surface area contributed by atoms with Crippen LogP contribution in [0.3, 0.4) is 0 Å². The van der Waals surface area contributed by atoms with E-state index in [4.69, 9.17) is 4.42 Å². The number of aliphatic hydroxyl groups excluding tert-OH is 1. The second kappa shape index (κ2) is 7.46. The number of nitrogens with zero attached hydrogens (tertiary/aromatic N) is 3. The summed E-state index contributed by atoms with van der Waals surface area (Å²) in [4.78, 5) is 33.0. The summed E-state index contributed by atoms with van der Waals surface area (Å²) in [7, 11) is 3.95. The van der Waals surface area contributed by atoms with E-state index in [9.17, 15) is 14.7 Å². The van der Waals surface area contributed by atoms with E-state index >= 15 is 0 Å². The van der Waals surface area contributed by atoms with Crippen molar-refractivity contribution in [1.82, 2.24) is 14.3 Å². The molecule has 0 saturated carbocycles. The van der Waals surface area contributed by atoms with Crippen molar-refractivity contribution >= 4 is 23.1 Å². The fraction of sp³-hybridized carbons (Fsp3) is 0.318. The van der Waals surface area contributed by atoms with Crippen LogP contribution < -0.4 is 4.90 Å². The molecule has 8 nitrogen and oxygen atoms in total. The standard InChI is InChI=1S/C22H24N4O4/c1-13-8-9-15(30-13)19-17(21(28)22(29)26(19)12-11-24(3)4)20(27)18-14(2)23-16-7-5-6-10-25(16)18/h5-10,19,27H,11-12H2,1-4H3/p+1/b20-17+/t19-/m1/s1. The molecule has 0 radical (unpaired) electrons. The molecule has 0 unspecified atom stereocenters. The summed E-state index contributed by atoms with van der Waals surface area (Å²) < 4.78 is 7.51. The number of likely N-dealkylation sites (N-methyl/N-ethyl adjacent to an activating group) is 1. The lowest BCUT2D eigenvalue weighted by Crippen LogP contribution is -3.06. The Hall–Kier alpha value is -3.39. The summed E-state index contributed by atoms with van der Waals surface area (Å²) in [5.41, 5.74) is 1.64. The molecule has 0 aliphatic carbocycles. The average Bonchev–Trinajstić information content (AvgIpc) is 3.34. The van der Waals surface area contributed by atoms with Gasteiger partial charge in [0.05, 0.1) is 38.5 Å². The number of hydrogen-bond donors (Lipinski definition) is 2. The number of Topliss-reactive ketones (excluding diaryl/α,β-unsaturated/α-hetero) is 1. The third-order valence-corrected chi connectivity index (χ3v) is 5.35. The van der Waals surface area contributed by atoms with E-state index in [1.165, 1.54) is 4.90 Å². The monoisotopic (exact) mass is 409 g/mol. The van der Waals surface area contributed by atoms with Crippen molar-refractivity contribution in [2.45, 2.75) is 19.9 Å². The van der Waals surface area contributed by atoms with E-state index in [1.54, 1.807) is 36.6 Å². The zero-order valence-corrected chi connectivity index (χ0v) is 17.5. The maximum Gasteiger partial charge on any atom is 0.295 e. The van der Waals surface area contributed by atoms with E-state index in [0.29, 0.717) is 41.6 Å². The number of rotatable bonds is 5. The van der Waals surface area contributed by atoms with Gasteiger partial charge >= 0.3 is 0 Å². The number of quaternary nitrogens is 1. The SMILES string of the molecule is Cc1ccc([C@@H]2/C(=C(\O)c3c(C)nc4ccccn34)C(=O)C(=O)N2CC[NH+](C)C)o1. The molecule has 0 aromatic carbocycles. The van der Waals surface area contributed by atoms with E-state index in [0.717, 1.165) is 4.90 Å². The lowest BCUT2D eigenvalue weighted by molar-refractivity contribution is -0.857. The highest BCUT2D eigenvalue weighted by Gasteiger charge is 2.48. The van der Waals surface area contributed by atoms with Gasteiger partial charge in [-0.3, -0.25) is 14.0 Å². The molecule has 0 spiro atoms. The van der Waals surface area contributed by atoms with Gasteiger partial charge in [-0.05, 0) is 38.1 Å². The lowest BCUT2D eigenvalue weighted by Gasteiger charge is -2.23. The predicted molar refractivity (Wildman–Crippen MR) is 110 cm³/mol. The van der Waals surface area contributed by atoms with E-state index < -0.39 is 17.7 Å². The molecule has 156 valence electrons. The van der Waals surface area contributed by atoms with E-state index in [1.807, 2.05) is 32.3 Å². The number of fused-ring (bicyclic) bond motifs is 1. The lowest BCUT2D eigenvalue weighted by atomic mass is 10.0. The van der Waals surface area contributed by atoms with Crippen LogP contribution in [0.15, 0.2) is 46.5 Å². The molecule has 0 bridgehead atoms. The number of ketones is 1. The summed E-state index contributed by atoms with van der Waals surface area (Å²) in [6.07, 6.45) is 1.77. The van der Waals surface area contributed by atoms with Crippen LogP contribution in [0.5, 0.6) is 0 Å². The zero-order chi connectivity index (χ0) is 21.6. The molecule has 8 heteroatoms. The summed E-state index contributed by atoms with van der Waals surface area (Å²) >= 11 is 0. The molecule has 1 aliphatic heterocycles. The van der Waals surface area contributed by atoms with Gasteiger partial charge < -0.3 is 19.3 Å². The van der Waals surface area contributed by atoms with Crippen LogP contribution in [-0.4, -0.2) is 58.3 Å². The average molecular weight is 409 g/mol. The minimum absolute atomic E-state index is 0.0249. The number of amides is 1. The number of likely N-dealkylation sites (tertiary alicyclic amines) is 1. The van der Waals surface area contributed by atoms with Crippen LogP contribution >= 0.6 is 0 Å². The highest BCUT2D eigenvalue weighted by molar-refractivity contribution is 6.46. The number of imidazole rings is 1. The number of carbonyl (C=O) groups excluding carboxylic acids is 2. The topological polar surface area (TPSA) is 92.5 Å². The van der Waals surface area contributed by atoms with Crippen LogP contribution in [-0.2, 0) is 9.59 Å². The van der Waals surface area contributed by atoms with Gasteiger partial charge in [-0.15, -0.1) is 0 Å². The smallest absolute Gasteiger partial charge is 0.295 e. The van der Waals surface area contributed by atoms with Crippen molar-refractivity contribution < 1.29 is 24.0 Å². The minimum Gasteiger partial charge on any atom is -0.505 e. The summed E-state index contributed by atoms with van der Waals surface area (Å²) in [6.45, 7) is 4.58. The Morgan fingerprint density at radius 1 is 1.20 bits per heavy atom. The molecule has 1 aliphatic rings. The van der Waals surface area contributed by atoms with Crippen molar-refractivity contribution in [3.8, 4) is 0 Å². The van der Waals surface area contributed by atoms with Gasteiger partial charge in [0.15, 0.2) is 5.76 Å². The molecule has 1 fully saturated rings. The second-order valence-corrected chi connectivity index (χ2v) is 7.87. The second-order valence-electron chi connectivity index (χ2n) is 7.87. The molecule has 2 N–H and O–H groups in total. The Labute approximate surface area is 174 Å². The van der Waals surface area contributed by atoms with Gasteiger partial charge in [0.1, 0.15) is 28.9 Å². The first-order valence-corrected chi connectivity index (χ1v) is 9.87. The number of nitrogens with one attached hydrogen (secondary N) is 1. The summed E-state index contributed by atoms with van der Waals surface area (Å²) in [5, 5.41) is 11.3. The molecule has 1 amide bonds. The largest absolute Gasteiger partial charge is 0.505 e. The predicted octanol–water partition coefficient (Wildman–Crippen LogP) is 1.11. The van der Waals surface area contributed by atoms with E-state index in [-0.39, 0.29) is 11.3 Å². The molecule has 1 atom stereocenters. The van der Waals surface area contributed by atoms with Gasteiger partial charge in [-0.1, -0.05) is 6.07 Å². The number of furan rings is 1. The molecule has 3 aromatic rings. The maximum atomic E-state index is 13.0. The fourth-order valence-corrected chi connectivity index (χ4v) is 3.88. The molecular weight excluding hydrogens is 384 g/mol. The Bertz CT molecular complexity index is 1170. The van der Waals surface area contributed by atoms with Gasteiger partial charge in [-0.25, -0.2) is 4.98 Å². The Morgan fingerprint density at radius 3 is 2.63 bits per heavy atom. The van der Waals surface area contributed by atoms with Crippen molar-refractivity contribution in [2.24, 2.45) is 0 Å². The van der Waals surface area contributed by atoms with Crippen molar-refractivity contribution in [3.63, 3.8) is 0 Å². The van der Waals surface area contributed by atoms with Crippen LogP contribution in [0.25, 0.3) is 11.4 Å². The summed E-state index contributed by atoms with van der Waals surface area (Å²) in [5.74, 6) is -0.481. The summed E-state index contributed by atoms with van der Waals surface area (Å²) in [6, 6.07) is 8.22. The molecule has 4 heterocycles. The molecular formula is C22H25N4O4+. The number of hydrogen-bond acceptors (Lipinski definition) is 5. The first kappa shape index (κ1) is 19.9. The Morgan fingerprint density at radius 2 is 1.97 bits per heavy atom. The molecule has 4 rings (SSSR count). The van der Waals surface area contributed by atoms with Crippen LogP contribution in [0, 0.1) is 13.8 Å². The number of aromatic nitrogens is 2. The van der Waals surface area contributed by atoms with Gasteiger partial charge in [0.2, 0.25) is 0 Å². The third-order valence-electron chi connectivity index (χ3n) is 5.35. The van der Waals surface area contributed by atoms with Gasteiger partial charge in [0.25, 0.3) is 11.7 Å². The molecule has 3 aromatic heterocycles. The molecule has 1 saturated heterocycles. The van der Waals surface area contributed by atoms with Crippen LogP contribution in [0.4, 0.5) is 0 Å². The highest BCUT2D eigenvalue weighted by atomic mass is 16.3. The number of aryl methyl sites for hydroxylation is 2. The van der Waals surface area contributed by atoms with Gasteiger partial charge in [-0.2, -0.15) is 0 Å². The fourth-order valence-electron chi connectivity index (χ4n) is 3.88. The number of aliphatic hydroxyl groups is 1. The Kier molecular flexibility index (Phi) is 4.95. The van der Waals surface area contributed by atoms with E-state index in [2.05, 4.69) is 4.98 Å². The zero-order valence-electron chi connectivity index (χ0n) is 17.5.